The van der Waals surface area contributed by atoms with Crippen molar-refractivity contribution in [2.75, 3.05) is 20.7 Å². The first-order valence-corrected chi connectivity index (χ1v) is 11.7. The molecule has 11 heteroatoms. The summed E-state index contributed by atoms with van der Waals surface area (Å²) in [6.07, 6.45) is 1.47. The number of hydrogen-bond donors (Lipinski definition) is 0. The molecule has 0 bridgehead atoms. The van der Waals surface area contributed by atoms with E-state index in [9.17, 15) is 22.4 Å². The van der Waals surface area contributed by atoms with Gasteiger partial charge in [0.25, 0.3) is 0 Å². The molecule has 3 heterocycles. The normalized spacial score (nSPS) is 16.6. The number of aromatic nitrogens is 3. The number of benzene rings is 2. The van der Waals surface area contributed by atoms with Crippen LogP contribution >= 0.6 is 0 Å². The Morgan fingerprint density at radius 3 is 2.68 bits per heavy atom. The van der Waals surface area contributed by atoms with E-state index >= 15 is 0 Å². The molecule has 4 aromatic rings. The number of ketones is 1. The number of alkyl halides is 3. The minimum absolute atomic E-state index is 0.0103. The fourth-order valence-electron chi connectivity index (χ4n) is 4.45. The standard InChI is InChI=1S/C26H23F4N5O2/c1-34(2)14-32-22-16-6-5-10-31-23(16)19(26(28,29)30)12-17(22)25(36)15-8-9-20(27)24-18(15)13-35(33-24)21-7-3-4-11-37-21/h5-6,8-10,12-14,21H,3-4,7,11H2,1-2H3. The van der Waals surface area contributed by atoms with Gasteiger partial charge in [-0.05, 0) is 49.6 Å². The number of nitrogens with zero attached hydrogens (tertiary/aromatic N) is 5. The monoisotopic (exact) mass is 513 g/mol. The number of pyridine rings is 1. The van der Waals surface area contributed by atoms with Crippen molar-refractivity contribution in [2.24, 2.45) is 4.99 Å². The van der Waals surface area contributed by atoms with Crippen LogP contribution in [0.2, 0.25) is 0 Å². The third-order valence-corrected chi connectivity index (χ3v) is 6.17. The Morgan fingerprint density at radius 1 is 1.16 bits per heavy atom. The van der Waals surface area contributed by atoms with Crippen molar-refractivity contribution >= 4 is 39.6 Å². The number of carbonyl (C=O) groups is 1. The summed E-state index contributed by atoms with van der Waals surface area (Å²) in [4.78, 5) is 23.7. The molecule has 37 heavy (non-hydrogen) atoms. The first-order chi connectivity index (χ1) is 17.6. The van der Waals surface area contributed by atoms with E-state index < -0.39 is 29.6 Å². The molecule has 7 nitrogen and oxygen atoms in total. The van der Waals surface area contributed by atoms with Crippen LogP contribution in [-0.2, 0) is 10.9 Å². The minimum atomic E-state index is -4.77. The molecular formula is C26H23F4N5O2. The zero-order valence-corrected chi connectivity index (χ0v) is 20.1. The maximum Gasteiger partial charge on any atom is 0.418 e. The highest BCUT2D eigenvalue weighted by molar-refractivity contribution is 6.21. The lowest BCUT2D eigenvalue weighted by molar-refractivity contribution is -0.136. The predicted octanol–water partition coefficient (Wildman–Crippen LogP) is 5.89. The van der Waals surface area contributed by atoms with Gasteiger partial charge in [0.2, 0.25) is 0 Å². The summed E-state index contributed by atoms with van der Waals surface area (Å²) in [7, 11) is 3.39. The van der Waals surface area contributed by atoms with Crippen LogP contribution in [0.4, 0.5) is 23.2 Å². The summed E-state index contributed by atoms with van der Waals surface area (Å²) in [5, 5.41) is 4.55. The second-order valence-electron chi connectivity index (χ2n) is 9.04. The van der Waals surface area contributed by atoms with Crippen molar-refractivity contribution in [2.45, 2.75) is 31.7 Å². The van der Waals surface area contributed by atoms with Crippen LogP contribution in [0.25, 0.3) is 21.8 Å². The van der Waals surface area contributed by atoms with Crippen molar-refractivity contribution in [3.8, 4) is 0 Å². The molecule has 1 saturated heterocycles. The molecule has 2 aromatic heterocycles. The number of ether oxygens (including phenoxy) is 1. The van der Waals surface area contributed by atoms with E-state index in [4.69, 9.17) is 4.74 Å². The van der Waals surface area contributed by atoms with Gasteiger partial charge in [-0.15, -0.1) is 0 Å². The third kappa shape index (κ3) is 4.66. The lowest BCUT2D eigenvalue weighted by atomic mass is 9.94. The summed E-state index contributed by atoms with van der Waals surface area (Å²) in [6, 6.07) is 6.04. The maximum absolute atomic E-state index is 14.7. The van der Waals surface area contributed by atoms with Gasteiger partial charge >= 0.3 is 6.18 Å². The summed E-state index contributed by atoms with van der Waals surface area (Å²) < 4.78 is 64.1. The van der Waals surface area contributed by atoms with Crippen molar-refractivity contribution in [1.82, 2.24) is 19.7 Å². The molecule has 5 rings (SSSR count). The van der Waals surface area contributed by atoms with Gasteiger partial charge < -0.3 is 9.64 Å². The summed E-state index contributed by atoms with van der Waals surface area (Å²) in [6.45, 7) is 0.535. The Labute approximate surface area is 209 Å². The van der Waals surface area contributed by atoms with E-state index in [-0.39, 0.29) is 38.6 Å². The van der Waals surface area contributed by atoms with Crippen molar-refractivity contribution < 1.29 is 27.1 Å². The summed E-state index contributed by atoms with van der Waals surface area (Å²) in [5.41, 5.74) is -1.66. The van der Waals surface area contributed by atoms with Crippen LogP contribution in [-0.4, -0.2) is 52.5 Å². The van der Waals surface area contributed by atoms with Crippen LogP contribution in [0.5, 0.6) is 0 Å². The fourth-order valence-corrected chi connectivity index (χ4v) is 4.45. The highest BCUT2D eigenvalue weighted by Crippen LogP contribution is 2.41. The molecule has 1 fully saturated rings. The SMILES string of the molecule is CN(C)C=Nc1c(C(=O)c2ccc(F)c3nn(C4CCCCO4)cc23)cc(C(F)(F)F)c2ncccc12. The number of fused-ring (bicyclic) bond motifs is 2. The molecular weight excluding hydrogens is 490 g/mol. The Morgan fingerprint density at radius 2 is 1.97 bits per heavy atom. The van der Waals surface area contributed by atoms with Gasteiger partial charge in [0.1, 0.15) is 11.7 Å². The number of halogens is 4. The van der Waals surface area contributed by atoms with Gasteiger partial charge in [-0.1, -0.05) is 0 Å². The minimum Gasteiger partial charge on any atom is -0.369 e. The Balaban J connectivity index is 1.74. The predicted molar refractivity (Wildman–Crippen MR) is 131 cm³/mol. The second-order valence-corrected chi connectivity index (χ2v) is 9.04. The Hall–Kier alpha value is -3.86. The molecule has 0 amide bonds. The van der Waals surface area contributed by atoms with E-state index in [1.54, 1.807) is 19.0 Å². The van der Waals surface area contributed by atoms with Crippen molar-refractivity contribution in [1.29, 1.82) is 0 Å². The molecule has 2 aromatic carbocycles. The van der Waals surface area contributed by atoms with Crippen LogP contribution < -0.4 is 0 Å². The molecule has 1 unspecified atom stereocenters. The molecule has 0 radical (unpaired) electrons. The third-order valence-electron chi connectivity index (χ3n) is 6.17. The lowest BCUT2D eigenvalue weighted by Gasteiger charge is -2.22. The molecule has 0 N–H and O–H groups in total. The van der Waals surface area contributed by atoms with Crippen LogP contribution in [0.1, 0.15) is 47.0 Å². The van der Waals surface area contributed by atoms with Gasteiger partial charge in [0.15, 0.2) is 11.6 Å². The van der Waals surface area contributed by atoms with E-state index in [1.807, 2.05) is 0 Å². The number of rotatable bonds is 5. The van der Waals surface area contributed by atoms with Gasteiger partial charge in [0, 0.05) is 55.0 Å². The molecule has 192 valence electrons. The smallest absolute Gasteiger partial charge is 0.369 e. The number of aliphatic imine (C=N–C) groups is 1. The quantitative estimate of drug-likeness (QED) is 0.144. The Kier molecular flexibility index (Phi) is 6.40. The van der Waals surface area contributed by atoms with Crippen LogP contribution in [0.3, 0.4) is 0 Å². The van der Waals surface area contributed by atoms with E-state index in [0.717, 1.165) is 25.0 Å². The van der Waals surface area contributed by atoms with Crippen molar-refractivity contribution in [3.63, 3.8) is 0 Å². The number of carbonyl (C=O) groups excluding carboxylic acids is 1. The molecule has 0 spiro atoms. The first kappa shape index (κ1) is 24.8. The molecule has 1 aliphatic heterocycles. The van der Waals surface area contributed by atoms with E-state index in [2.05, 4.69) is 15.1 Å². The highest BCUT2D eigenvalue weighted by Gasteiger charge is 2.36. The largest absolute Gasteiger partial charge is 0.418 e. The molecule has 0 aliphatic carbocycles. The summed E-state index contributed by atoms with van der Waals surface area (Å²) >= 11 is 0. The maximum atomic E-state index is 14.7. The zero-order chi connectivity index (χ0) is 26.3. The van der Waals surface area contributed by atoms with E-state index in [1.165, 1.54) is 41.6 Å². The van der Waals surface area contributed by atoms with Gasteiger partial charge in [-0.25, -0.2) is 14.1 Å². The lowest BCUT2D eigenvalue weighted by Crippen LogP contribution is -2.18. The second kappa shape index (κ2) is 9.55. The molecule has 0 saturated carbocycles. The Bertz CT molecular complexity index is 1520. The molecule has 1 atom stereocenters. The average molecular weight is 513 g/mol. The van der Waals surface area contributed by atoms with E-state index in [0.29, 0.717) is 13.0 Å². The summed E-state index contributed by atoms with van der Waals surface area (Å²) in [5.74, 6) is -1.39. The average Bonchev–Trinajstić information content (AvgIpc) is 3.33. The van der Waals surface area contributed by atoms with Crippen molar-refractivity contribution in [3.05, 3.63) is 65.2 Å². The first-order valence-electron chi connectivity index (χ1n) is 11.7. The van der Waals surface area contributed by atoms with Gasteiger partial charge in [-0.3, -0.25) is 9.78 Å². The zero-order valence-electron chi connectivity index (χ0n) is 20.1. The topological polar surface area (TPSA) is 72.6 Å². The number of hydrogen-bond acceptors (Lipinski definition) is 5. The van der Waals surface area contributed by atoms with Gasteiger partial charge in [-0.2, -0.15) is 18.3 Å². The van der Waals surface area contributed by atoms with Crippen LogP contribution in [0.15, 0.2) is 47.7 Å². The fraction of sp³-hybridized carbons (Fsp3) is 0.308. The van der Waals surface area contributed by atoms with Crippen LogP contribution in [0, 0.1) is 5.82 Å². The molecule has 1 aliphatic rings. The highest BCUT2D eigenvalue weighted by atomic mass is 19.4. The van der Waals surface area contributed by atoms with Gasteiger partial charge in [0.05, 0.1) is 23.1 Å².